The molecule has 0 saturated heterocycles. The van der Waals surface area contributed by atoms with Crippen LogP contribution in [0.4, 0.5) is 4.79 Å². The van der Waals surface area contributed by atoms with Gasteiger partial charge < -0.3 is 10.1 Å². The quantitative estimate of drug-likeness (QED) is 0.230. The van der Waals surface area contributed by atoms with Crippen LogP contribution in [0.2, 0.25) is 0 Å². The smallest absolute Gasteiger partial charge is 0.442 e. The maximum Gasteiger partial charge on any atom is 0.442 e. The van der Waals surface area contributed by atoms with E-state index in [0.717, 1.165) is 12.8 Å². The molecule has 0 aromatic heterocycles. The van der Waals surface area contributed by atoms with E-state index in [4.69, 9.17) is 9.62 Å². The lowest BCUT2D eigenvalue weighted by Crippen LogP contribution is -2.31. The van der Waals surface area contributed by atoms with Gasteiger partial charge in [-0.1, -0.05) is 19.9 Å². The van der Waals surface area contributed by atoms with Crippen molar-refractivity contribution < 1.29 is 29.1 Å². The van der Waals surface area contributed by atoms with E-state index in [1.165, 1.54) is 6.92 Å². The van der Waals surface area contributed by atoms with Crippen molar-refractivity contribution in [3.8, 4) is 0 Å². The second kappa shape index (κ2) is 9.33. The molecule has 7 nitrogen and oxygen atoms in total. The Morgan fingerprint density at radius 1 is 1.30 bits per heavy atom. The van der Waals surface area contributed by atoms with Crippen molar-refractivity contribution in [1.29, 1.82) is 0 Å². The number of ether oxygens (including phenoxy) is 1. The highest BCUT2D eigenvalue weighted by atomic mass is 17.5. The van der Waals surface area contributed by atoms with Crippen LogP contribution < -0.4 is 5.32 Å². The molecule has 20 heavy (non-hydrogen) atoms. The molecule has 0 heterocycles. The second-order valence-electron chi connectivity index (χ2n) is 4.87. The largest absolute Gasteiger partial charge is 0.460 e. The molecule has 0 aliphatic carbocycles. The summed E-state index contributed by atoms with van der Waals surface area (Å²) in [4.78, 5) is 31.5. The normalized spacial score (nSPS) is 10.8. The number of hydrogen-bond acceptors (Lipinski definition) is 6. The summed E-state index contributed by atoms with van der Waals surface area (Å²) < 4.78 is 4.76. The van der Waals surface area contributed by atoms with Gasteiger partial charge in [0.05, 0.1) is 6.54 Å². The zero-order valence-corrected chi connectivity index (χ0v) is 12.5. The van der Waals surface area contributed by atoms with Gasteiger partial charge in [0.2, 0.25) is 0 Å². The molecule has 1 N–H and O–H groups in total. The maximum atomic E-state index is 11.2. The standard InChI is InChI=1S/C13H23NO6/c1-6-7-13(4,5)19-20-18-12(16)14-8-9-17-11(15)10(2)3/h2,6-9H2,1,3-5H3,(H,14,16). The van der Waals surface area contributed by atoms with Gasteiger partial charge in [0.15, 0.2) is 0 Å². The van der Waals surface area contributed by atoms with Crippen LogP contribution in [0.1, 0.15) is 40.5 Å². The third-order valence-corrected chi connectivity index (χ3v) is 2.17. The van der Waals surface area contributed by atoms with Crippen LogP contribution >= 0.6 is 0 Å². The lowest BCUT2D eigenvalue weighted by molar-refractivity contribution is -0.513. The van der Waals surface area contributed by atoms with Crippen LogP contribution in [0.15, 0.2) is 12.2 Å². The Hall–Kier alpha value is -1.60. The Kier molecular flexibility index (Phi) is 8.58. The maximum absolute atomic E-state index is 11.2. The molecule has 0 aliphatic rings. The van der Waals surface area contributed by atoms with E-state index >= 15 is 0 Å². The van der Waals surface area contributed by atoms with E-state index in [1.807, 2.05) is 20.8 Å². The molecule has 0 spiro atoms. The minimum Gasteiger partial charge on any atom is -0.460 e. The van der Waals surface area contributed by atoms with E-state index in [-0.39, 0.29) is 13.2 Å². The van der Waals surface area contributed by atoms with Crippen LogP contribution in [0.5, 0.6) is 0 Å². The Morgan fingerprint density at radius 2 is 1.95 bits per heavy atom. The zero-order chi connectivity index (χ0) is 15.6. The van der Waals surface area contributed by atoms with Crippen LogP contribution in [0.3, 0.4) is 0 Å². The zero-order valence-electron chi connectivity index (χ0n) is 12.5. The predicted molar refractivity (Wildman–Crippen MR) is 71.4 cm³/mol. The van der Waals surface area contributed by atoms with Crippen LogP contribution in [-0.4, -0.2) is 30.8 Å². The van der Waals surface area contributed by atoms with Crippen LogP contribution in [-0.2, 0) is 24.3 Å². The van der Waals surface area contributed by atoms with Crippen molar-refractivity contribution in [2.45, 2.75) is 46.1 Å². The van der Waals surface area contributed by atoms with E-state index in [2.05, 4.69) is 21.8 Å². The Bertz CT molecular complexity index is 340. The predicted octanol–water partition coefficient (Wildman–Crippen LogP) is 2.27. The molecule has 116 valence electrons. The second-order valence-corrected chi connectivity index (χ2v) is 4.87. The Morgan fingerprint density at radius 3 is 2.50 bits per heavy atom. The monoisotopic (exact) mass is 289 g/mol. The SMILES string of the molecule is C=C(C)C(=O)OCCNC(=O)OOOC(C)(C)CCC. The summed E-state index contributed by atoms with van der Waals surface area (Å²) in [5.74, 6) is -0.513. The van der Waals surface area contributed by atoms with Crippen molar-refractivity contribution in [2.24, 2.45) is 0 Å². The summed E-state index contributed by atoms with van der Waals surface area (Å²) in [5.41, 5.74) is -0.242. The summed E-state index contributed by atoms with van der Waals surface area (Å²) >= 11 is 0. The highest BCUT2D eigenvalue weighted by molar-refractivity contribution is 5.86. The Labute approximate surface area is 119 Å². The van der Waals surface area contributed by atoms with Gasteiger partial charge >= 0.3 is 12.1 Å². The van der Waals surface area contributed by atoms with Crippen molar-refractivity contribution in [3.63, 3.8) is 0 Å². The number of amides is 1. The van der Waals surface area contributed by atoms with Gasteiger partial charge in [-0.05, 0) is 32.2 Å². The lowest BCUT2D eigenvalue weighted by atomic mass is 10.0. The molecule has 0 fully saturated rings. The molecule has 0 bridgehead atoms. The van der Waals surface area contributed by atoms with E-state index in [0.29, 0.717) is 5.57 Å². The highest BCUT2D eigenvalue weighted by Crippen LogP contribution is 2.16. The van der Waals surface area contributed by atoms with Gasteiger partial charge in [-0.25, -0.2) is 14.5 Å². The number of carbonyl (C=O) groups is 2. The first-order valence-corrected chi connectivity index (χ1v) is 6.41. The molecule has 1 amide bonds. The molecule has 7 heteroatoms. The number of rotatable bonds is 9. The molecule has 0 saturated carbocycles. The molecule has 0 radical (unpaired) electrons. The molecular weight excluding hydrogens is 266 g/mol. The van der Waals surface area contributed by atoms with Gasteiger partial charge in [-0.3, -0.25) is 0 Å². The van der Waals surface area contributed by atoms with Gasteiger partial charge in [0.1, 0.15) is 12.2 Å². The average molecular weight is 289 g/mol. The first-order valence-electron chi connectivity index (χ1n) is 6.41. The molecule has 0 rings (SSSR count). The molecule has 0 aromatic carbocycles. The van der Waals surface area contributed by atoms with Gasteiger partial charge in [0.25, 0.3) is 0 Å². The van der Waals surface area contributed by atoms with Gasteiger partial charge in [0, 0.05) is 5.57 Å². The minimum atomic E-state index is -0.830. The van der Waals surface area contributed by atoms with E-state index in [1.54, 1.807) is 0 Å². The number of esters is 1. The highest BCUT2D eigenvalue weighted by Gasteiger charge is 2.20. The Balaban J connectivity index is 3.65. The first kappa shape index (κ1) is 18.4. The van der Waals surface area contributed by atoms with Crippen molar-refractivity contribution in [3.05, 3.63) is 12.2 Å². The number of hydrogen-bond donors (Lipinski definition) is 1. The average Bonchev–Trinajstić information content (AvgIpc) is 2.33. The summed E-state index contributed by atoms with van der Waals surface area (Å²) in [7, 11) is 0. The van der Waals surface area contributed by atoms with Crippen molar-refractivity contribution >= 4 is 12.1 Å². The summed E-state index contributed by atoms with van der Waals surface area (Å²) in [6, 6.07) is 0. The molecule has 0 aliphatic heterocycles. The van der Waals surface area contributed by atoms with E-state index in [9.17, 15) is 9.59 Å². The topological polar surface area (TPSA) is 83.1 Å². The third kappa shape index (κ3) is 9.35. The minimum absolute atomic E-state index is 0.0168. The lowest BCUT2D eigenvalue weighted by Gasteiger charge is -2.20. The van der Waals surface area contributed by atoms with Crippen molar-refractivity contribution in [2.75, 3.05) is 13.2 Å². The third-order valence-electron chi connectivity index (χ3n) is 2.17. The molecule has 0 unspecified atom stereocenters. The number of nitrogens with one attached hydrogen (secondary N) is 1. The fourth-order valence-corrected chi connectivity index (χ4v) is 1.23. The van der Waals surface area contributed by atoms with Gasteiger partial charge in [-0.2, -0.15) is 4.89 Å². The summed E-state index contributed by atoms with van der Waals surface area (Å²) in [6.45, 7) is 10.7. The van der Waals surface area contributed by atoms with Crippen LogP contribution in [0, 0.1) is 0 Å². The number of carbonyl (C=O) groups excluding carboxylic acids is 2. The van der Waals surface area contributed by atoms with Crippen molar-refractivity contribution in [1.82, 2.24) is 5.32 Å². The molecular formula is C13H23NO6. The fourth-order valence-electron chi connectivity index (χ4n) is 1.23. The molecule has 0 atom stereocenters. The molecule has 0 aromatic rings. The summed E-state index contributed by atoms with van der Waals surface area (Å²) in [6.07, 6.45) is 0.842. The van der Waals surface area contributed by atoms with Crippen LogP contribution in [0.25, 0.3) is 0 Å². The summed E-state index contributed by atoms with van der Waals surface area (Å²) in [5, 5.41) is 6.72. The first-order chi connectivity index (χ1) is 9.28. The van der Waals surface area contributed by atoms with Gasteiger partial charge in [-0.15, -0.1) is 0 Å². The van der Waals surface area contributed by atoms with E-state index < -0.39 is 17.7 Å². The fraction of sp³-hybridized carbons (Fsp3) is 0.692.